The van der Waals surface area contributed by atoms with Crippen LogP contribution in [0.5, 0.6) is 5.75 Å². The van der Waals surface area contributed by atoms with E-state index in [0.717, 1.165) is 39.2 Å². The summed E-state index contributed by atoms with van der Waals surface area (Å²) in [6, 6.07) is 20.0. The van der Waals surface area contributed by atoms with Crippen LogP contribution in [0.4, 0.5) is 15.8 Å². The van der Waals surface area contributed by atoms with E-state index in [0.29, 0.717) is 5.75 Å². The highest BCUT2D eigenvalue weighted by atomic mass is 18.2. The normalized spacial score (nSPS) is 14.4. The highest BCUT2D eigenvalue weighted by molar-refractivity contribution is 5.87. The van der Waals surface area contributed by atoms with E-state index >= 15 is 0 Å². The molecule has 0 aromatic heterocycles. The van der Waals surface area contributed by atoms with Gasteiger partial charge in [0.15, 0.2) is 0 Å². The molecular weight excluding hydrogens is 430 g/mol. The number of carbonyl (C=O) groups is 1. The number of esters is 1. The predicted octanol–water partition coefficient (Wildman–Crippen LogP) is 6.14. The molecule has 178 valence electrons. The molecule has 4 rings (SSSR count). The Bertz CT molecular complexity index is 1170. The molecule has 1 aliphatic heterocycles. The molecule has 1 atom stereocenters. The fraction of sp³-hybridized carbons (Fsp3) is 0.321. The number of hydrogen-bond donors (Lipinski definition) is 2. The second-order valence-corrected chi connectivity index (χ2v) is 9.38. The van der Waals surface area contributed by atoms with Crippen LogP contribution in [0, 0.1) is 0 Å². The Morgan fingerprint density at radius 3 is 2.44 bits per heavy atom. The van der Waals surface area contributed by atoms with Crippen LogP contribution in [0.2, 0.25) is 0 Å². The first-order valence-electron chi connectivity index (χ1n) is 11.5. The fourth-order valence-electron chi connectivity index (χ4n) is 4.21. The number of fused-ring (bicyclic) bond motifs is 3. The Labute approximate surface area is 200 Å². The lowest BCUT2D eigenvalue weighted by Crippen LogP contribution is -2.25. The van der Waals surface area contributed by atoms with Crippen LogP contribution in [0.25, 0.3) is 11.1 Å². The van der Waals surface area contributed by atoms with Crippen molar-refractivity contribution >= 4 is 17.3 Å². The topological polar surface area (TPSA) is 59.6 Å². The van der Waals surface area contributed by atoms with Gasteiger partial charge in [0.1, 0.15) is 24.6 Å². The molecule has 5 nitrogen and oxygen atoms in total. The van der Waals surface area contributed by atoms with E-state index in [9.17, 15) is 9.18 Å². The number of alkyl halides is 1. The number of anilines is 2. The first-order chi connectivity index (χ1) is 16.3. The third kappa shape index (κ3) is 5.33. The minimum atomic E-state index is -0.523. The molecule has 1 heterocycles. The van der Waals surface area contributed by atoms with Gasteiger partial charge < -0.3 is 20.1 Å². The summed E-state index contributed by atoms with van der Waals surface area (Å²) in [7, 11) is 1.90. The molecule has 0 fully saturated rings. The molecule has 0 saturated carbocycles. The van der Waals surface area contributed by atoms with Crippen molar-refractivity contribution in [2.75, 3.05) is 31.0 Å². The van der Waals surface area contributed by atoms with Gasteiger partial charge in [0.25, 0.3) is 0 Å². The summed E-state index contributed by atoms with van der Waals surface area (Å²) in [5.41, 5.74) is 6.78. The Hall–Kier alpha value is -3.54. The highest BCUT2D eigenvalue weighted by Crippen LogP contribution is 2.44. The Kier molecular flexibility index (Phi) is 6.77. The van der Waals surface area contributed by atoms with Gasteiger partial charge in [-0.3, -0.25) is 4.79 Å². The standard InChI is InChI=1S/C28H31FN2O3/c1-28(2,3)34-26(32)16-18-5-11-22-23-12-8-20(30-4)17-25(23)31-27(24(22)15-18)19-6-9-21(10-7-19)33-14-13-29/h5-12,15,17,27,30-31H,13-14,16H2,1-4H3/i29-1. The van der Waals surface area contributed by atoms with Crippen LogP contribution in [0.1, 0.15) is 43.5 Å². The quantitative estimate of drug-likeness (QED) is 0.414. The number of nitrogens with one attached hydrogen (secondary N) is 2. The molecule has 0 spiro atoms. The maximum atomic E-state index is 12.5. The minimum absolute atomic E-state index is 0.0397. The average Bonchev–Trinajstić information content (AvgIpc) is 2.80. The van der Waals surface area contributed by atoms with E-state index in [2.05, 4.69) is 41.0 Å². The first-order valence-corrected chi connectivity index (χ1v) is 11.5. The van der Waals surface area contributed by atoms with Crippen LogP contribution in [0.15, 0.2) is 60.7 Å². The number of rotatable bonds is 7. The molecule has 1 unspecified atom stereocenters. The Morgan fingerprint density at radius 2 is 1.76 bits per heavy atom. The third-order valence-electron chi connectivity index (χ3n) is 5.65. The predicted molar refractivity (Wildman–Crippen MR) is 134 cm³/mol. The third-order valence-corrected chi connectivity index (χ3v) is 5.65. The van der Waals surface area contributed by atoms with Crippen molar-refractivity contribution in [1.29, 1.82) is 0 Å². The van der Waals surface area contributed by atoms with Crippen LogP contribution in [-0.4, -0.2) is 31.9 Å². The summed E-state index contributed by atoms with van der Waals surface area (Å²) in [4.78, 5) is 12.5. The van der Waals surface area contributed by atoms with E-state index < -0.39 is 12.3 Å². The van der Waals surface area contributed by atoms with Crippen molar-refractivity contribution in [3.05, 3.63) is 77.4 Å². The van der Waals surface area contributed by atoms with Gasteiger partial charge in [-0.15, -0.1) is 0 Å². The molecule has 0 bridgehead atoms. The fourth-order valence-corrected chi connectivity index (χ4v) is 4.21. The van der Waals surface area contributed by atoms with Gasteiger partial charge in [-0.2, -0.15) is 0 Å². The van der Waals surface area contributed by atoms with Gasteiger partial charge in [-0.25, -0.2) is 4.39 Å². The molecule has 0 amide bonds. The van der Waals surface area contributed by atoms with Crippen molar-refractivity contribution in [3.8, 4) is 16.9 Å². The maximum Gasteiger partial charge on any atom is 0.310 e. The van der Waals surface area contributed by atoms with Crippen molar-refractivity contribution < 1.29 is 18.7 Å². The van der Waals surface area contributed by atoms with E-state index in [1.165, 1.54) is 0 Å². The average molecular weight is 462 g/mol. The lowest BCUT2D eigenvalue weighted by molar-refractivity contribution is -0.153. The summed E-state index contributed by atoms with van der Waals surface area (Å²) in [5, 5.41) is 6.86. The highest BCUT2D eigenvalue weighted by Gasteiger charge is 2.27. The van der Waals surface area contributed by atoms with E-state index in [4.69, 9.17) is 9.47 Å². The molecular formula is C28H31FN2O3. The smallest absolute Gasteiger partial charge is 0.310 e. The SMILES string of the molecule is CNc1ccc2c(c1)NC(c1ccc(OCC[18F])cc1)c1cc(CC(=O)OC(C)(C)C)ccc1-2. The van der Waals surface area contributed by atoms with Crippen molar-refractivity contribution in [3.63, 3.8) is 0 Å². The zero-order valence-electron chi connectivity index (χ0n) is 20.1. The Morgan fingerprint density at radius 1 is 1.03 bits per heavy atom. The number of carbonyl (C=O) groups excluding carboxylic acids is 1. The molecule has 0 aliphatic carbocycles. The molecule has 6 heteroatoms. The zero-order valence-corrected chi connectivity index (χ0v) is 20.1. The second-order valence-electron chi connectivity index (χ2n) is 9.38. The number of benzene rings is 3. The molecule has 2 N–H and O–H groups in total. The van der Waals surface area contributed by atoms with Crippen molar-refractivity contribution in [2.24, 2.45) is 0 Å². The molecule has 1 aliphatic rings. The van der Waals surface area contributed by atoms with E-state index in [-0.39, 0.29) is 25.0 Å². The van der Waals surface area contributed by atoms with Gasteiger partial charge in [0, 0.05) is 24.0 Å². The summed E-state index contributed by atoms with van der Waals surface area (Å²) < 4.78 is 23.4. The van der Waals surface area contributed by atoms with Gasteiger partial charge in [-0.1, -0.05) is 36.4 Å². The summed E-state index contributed by atoms with van der Waals surface area (Å²) >= 11 is 0. The number of ether oxygens (including phenoxy) is 2. The largest absolute Gasteiger partial charge is 0.491 e. The molecule has 34 heavy (non-hydrogen) atoms. The number of hydrogen-bond acceptors (Lipinski definition) is 5. The van der Waals surface area contributed by atoms with Gasteiger partial charge >= 0.3 is 5.97 Å². The molecule has 0 radical (unpaired) electrons. The maximum absolute atomic E-state index is 12.5. The first kappa shape index (κ1) is 23.6. The summed E-state index contributed by atoms with van der Waals surface area (Å²) in [6.45, 7) is 5.13. The van der Waals surface area contributed by atoms with Gasteiger partial charge in [0.2, 0.25) is 0 Å². The van der Waals surface area contributed by atoms with Crippen LogP contribution >= 0.6 is 0 Å². The molecule has 0 saturated heterocycles. The van der Waals surface area contributed by atoms with Crippen LogP contribution in [-0.2, 0) is 16.0 Å². The summed E-state index contributed by atoms with van der Waals surface area (Å²) in [6.07, 6.45) is 0.207. The number of halogens is 1. The molecule has 3 aromatic carbocycles. The van der Waals surface area contributed by atoms with Crippen molar-refractivity contribution in [1.82, 2.24) is 0 Å². The van der Waals surface area contributed by atoms with Crippen LogP contribution < -0.4 is 15.4 Å². The minimum Gasteiger partial charge on any atom is -0.491 e. The van der Waals surface area contributed by atoms with E-state index in [1.54, 1.807) is 0 Å². The lowest BCUT2D eigenvalue weighted by atomic mass is 9.85. The van der Waals surface area contributed by atoms with Crippen LogP contribution in [0.3, 0.4) is 0 Å². The van der Waals surface area contributed by atoms with Gasteiger partial charge in [0.05, 0.1) is 12.5 Å². The summed E-state index contributed by atoms with van der Waals surface area (Å²) in [5.74, 6) is 0.384. The van der Waals surface area contributed by atoms with Crippen molar-refractivity contribution in [2.45, 2.75) is 38.8 Å². The zero-order chi connectivity index (χ0) is 24.3. The van der Waals surface area contributed by atoms with E-state index in [1.807, 2.05) is 58.2 Å². The van der Waals surface area contributed by atoms with Gasteiger partial charge in [-0.05, 0) is 67.3 Å². The lowest BCUT2D eigenvalue weighted by Gasteiger charge is -2.31. The second kappa shape index (κ2) is 9.75. The Balaban J connectivity index is 1.72. The molecule has 3 aromatic rings. The monoisotopic (exact) mass is 461 g/mol.